The van der Waals surface area contributed by atoms with Gasteiger partial charge in [-0.05, 0) is 49.3 Å². The van der Waals surface area contributed by atoms with Crippen molar-refractivity contribution in [1.82, 2.24) is 5.32 Å². The topological polar surface area (TPSA) is 67.8 Å². The Bertz CT molecular complexity index is 775. The van der Waals surface area contributed by atoms with Crippen LogP contribution in [0.2, 0.25) is 0 Å². The van der Waals surface area contributed by atoms with Crippen molar-refractivity contribution in [2.45, 2.75) is 38.4 Å². The van der Waals surface area contributed by atoms with Crippen LogP contribution in [0.25, 0.3) is 0 Å². The van der Waals surface area contributed by atoms with Crippen LogP contribution in [0.1, 0.15) is 36.1 Å². The van der Waals surface area contributed by atoms with E-state index in [1.807, 2.05) is 54.8 Å². The van der Waals surface area contributed by atoms with Gasteiger partial charge in [0.1, 0.15) is 0 Å². The Morgan fingerprint density at radius 1 is 1.24 bits per heavy atom. The minimum Gasteiger partial charge on any atom is -0.459 e. The van der Waals surface area contributed by atoms with Gasteiger partial charge < -0.3 is 19.9 Å². The molecule has 5 nitrogen and oxygen atoms in total. The zero-order valence-electron chi connectivity index (χ0n) is 16.8. The van der Waals surface area contributed by atoms with Crippen LogP contribution in [0.5, 0.6) is 0 Å². The number of carbonyl (C=O) groups excluding carboxylic acids is 1. The molecule has 0 saturated carbocycles. The molecule has 0 unspecified atom stereocenters. The van der Waals surface area contributed by atoms with Gasteiger partial charge in [-0.25, -0.2) is 0 Å². The second-order valence-corrected chi connectivity index (χ2v) is 8.01. The molecule has 1 aliphatic rings. The van der Waals surface area contributed by atoms with Crippen molar-refractivity contribution < 1.29 is 19.4 Å². The SMILES string of the molecule is CCO[C@H]1OC(C(=O)NCCc2ccccc2)=C[C@@H](c2cccs2)[C@@H]1CCCO. The summed E-state index contributed by atoms with van der Waals surface area (Å²) in [4.78, 5) is 14.0. The lowest BCUT2D eigenvalue weighted by atomic mass is 9.84. The van der Waals surface area contributed by atoms with Crippen LogP contribution >= 0.6 is 11.3 Å². The second-order valence-electron chi connectivity index (χ2n) is 7.03. The molecule has 29 heavy (non-hydrogen) atoms. The standard InChI is InChI=1S/C23H29NO4S/c1-2-27-23-18(10-6-14-25)19(21-11-7-15-29-21)16-20(28-23)22(26)24-13-12-17-8-4-3-5-9-17/h3-5,7-9,11,15-16,18-19,23,25H,2,6,10,12-14H2,1H3,(H,24,26)/t18-,19+,23-/m0/s1. The minimum atomic E-state index is -0.501. The summed E-state index contributed by atoms with van der Waals surface area (Å²) in [7, 11) is 0. The van der Waals surface area contributed by atoms with Crippen molar-refractivity contribution in [3.8, 4) is 0 Å². The third kappa shape index (κ3) is 5.92. The molecule has 1 aromatic heterocycles. The minimum absolute atomic E-state index is 0.0294. The predicted molar refractivity (Wildman–Crippen MR) is 115 cm³/mol. The monoisotopic (exact) mass is 415 g/mol. The molecule has 6 heteroatoms. The molecule has 1 aliphatic heterocycles. The molecule has 0 radical (unpaired) electrons. The number of rotatable bonds is 10. The average Bonchev–Trinajstić information content (AvgIpc) is 3.28. The maximum atomic E-state index is 12.8. The highest BCUT2D eigenvalue weighted by Gasteiger charge is 2.38. The van der Waals surface area contributed by atoms with Crippen LogP contribution in [0, 0.1) is 5.92 Å². The Balaban J connectivity index is 1.72. The highest BCUT2D eigenvalue weighted by molar-refractivity contribution is 7.10. The van der Waals surface area contributed by atoms with Gasteiger partial charge in [0.15, 0.2) is 5.76 Å². The number of aliphatic hydroxyl groups is 1. The summed E-state index contributed by atoms with van der Waals surface area (Å²) in [5.41, 5.74) is 1.18. The molecule has 1 aromatic carbocycles. The van der Waals surface area contributed by atoms with Crippen molar-refractivity contribution in [2.75, 3.05) is 19.8 Å². The smallest absolute Gasteiger partial charge is 0.286 e. The van der Waals surface area contributed by atoms with Gasteiger partial charge in [0, 0.05) is 36.5 Å². The van der Waals surface area contributed by atoms with E-state index in [1.54, 1.807) is 11.3 Å². The molecular weight excluding hydrogens is 386 g/mol. The van der Waals surface area contributed by atoms with Gasteiger partial charge in [0.2, 0.25) is 6.29 Å². The van der Waals surface area contributed by atoms with E-state index in [-0.39, 0.29) is 24.3 Å². The molecule has 0 aliphatic carbocycles. The van der Waals surface area contributed by atoms with Gasteiger partial charge in [0.25, 0.3) is 5.91 Å². The molecule has 0 bridgehead atoms. The number of amides is 1. The number of nitrogens with one attached hydrogen (secondary N) is 1. The molecule has 2 aromatic rings. The first-order chi connectivity index (χ1) is 14.2. The third-order valence-corrected chi connectivity index (χ3v) is 6.02. The zero-order chi connectivity index (χ0) is 20.5. The van der Waals surface area contributed by atoms with Crippen molar-refractivity contribution in [1.29, 1.82) is 0 Å². The number of hydrogen-bond acceptors (Lipinski definition) is 5. The summed E-state index contributed by atoms with van der Waals surface area (Å²) in [6.45, 7) is 3.09. The van der Waals surface area contributed by atoms with Crippen molar-refractivity contribution >= 4 is 17.2 Å². The fourth-order valence-electron chi connectivity index (χ4n) is 3.63. The largest absolute Gasteiger partial charge is 0.459 e. The number of thiophene rings is 1. The number of carbonyl (C=O) groups is 1. The van der Waals surface area contributed by atoms with Crippen LogP contribution < -0.4 is 5.32 Å². The lowest BCUT2D eigenvalue weighted by Crippen LogP contribution is -2.39. The van der Waals surface area contributed by atoms with Crippen LogP contribution in [-0.4, -0.2) is 37.1 Å². The van der Waals surface area contributed by atoms with Gasteiger partial charge in [-0.3, -0.25) is 4.79 Å². The predicted octanol–water partition coefficient (Wildman–Crippen LogP) is 3.86. The molecule has 3 rings (SSSR count). The number of ether oxygens (including phenoxy) is 2. The number of benzene rings is 1. The zero-order valence-corrected chi connectivity index (χ0v) is 17.6. The van der Waals surface area contributed by atoms with Crippen LogP contribution in [-0.2, 0) is 20.7 Å². The lowest BCUT2D eigenvalue weighted by molar-refractivity contribution is -0.166. The number of allylic oxidation sites excluding steroid dienone is 1. The Morgan fingerprint density at radius 2 is 2.07 bits per heavy atom. The summed E-state index contributed by atoms with van der Waals surface area (Å²) in [5.74, 6) is 0.186. The van der Waals surface area contributed by atoms with E-state index in [4.69, 9.17) is 9.47 Å². The van der Waals surface area contributed by atoms with E-state index >= 15 is 0 Å². The summed E-state index contributed by atoms with van der Waals surface area (Å²) in [5, 5.41) is 14.3. The van der Waals surface area contributed by atoms with Crippen LogP contribution in [0.15, 0.2) is 59.7 Å². The molecule has 0 saturated heterocycles. The first-order valence-electron chi connectivity index (χ1n) is 10.2. The third-order valence-electron chi connectivity index (χ3n) is 5.05. The van der Waals surface area contributed by atoms with Crippen LogP contribution in [0.4, 0.5) is 0 Å². The fourth-order valence-corrected chi connectivity index (χ4v) is 4.50. The molecular formula is C23H29NO4S. The van der Waals surface area contributed by atoms with Crippen molar-refractivity contribution in [2.24, 2.45) is 5.92 Å². The van der Waals surface area contributed by atoms with Gasteiger partial charge >= 0.3 is 0 Å². The Labute approximate surface area is 176 Å². The van der Waals surface area contributed by atoms with Crippen molar-refractivity contribution in [3.63, 3.8) is 0 Å². The van der Waals surface area contributed by atoms with Crippen molar-refractivity contribution in [3.05, 3.63) is 70.1 Å². The van der Waals surface area contributed by atoms with Gasteiger partial charge in [-0.15, -0.1) is 11.3 Å². The molecule has 2 N–H and O–H groups in total. The Kier molecular flexibility index (Phi) is 8.28. The van der Waals surface area contributed by atoms with Crippen LogP contribution in [0.3, 0.4) is 0 Å². The quantitative estimate of drug-likeness (QED) is 0.618. The lowest BCUT2D eigenvalue weighted by Gasteiger charge is -2.36. The van der Waals surface area contributed by atoms with Gasteiger partial charge in [0.05, 0.1) is 0 Å². The summed E-state index contributed by atoms with van der Waals surface area (Å²) in [6, 6.07) is 14.2. The van der Waals surface area contributed by atoms with E-state index in [2.05, 4.69) is 11.4 Å². The summed E-state index contributed by atoms with van der Waals surface area (Å²) < 4.78 is 11.8. The fraction of sp³-hybridized carbons (Fsp3) is 0.435. The Morgan fingerprint density at radius 3 is 2.76 bits per heavy atom. The second kappa shape index (κ2) is 11.1. The van der Waals surface area contributed by atoms with E-state index < -0.39 is 6.29 Å². The first kappa shape index (κ1) is 21.6. The van der Waals surface area contributed by atoms with E-state index in [0.717, 1.165) is 12.8 Å². The highest BCUT2D eigenvalue weighted by Crippen LogP contribution is 2.40. The summed E-state index contributed by atoms with van der Waals surface area (Å²) >= 11 is 1.67. The molecule has 3 atom stereocenters. The molecule has 1 amide bonds. The van der Waals surface area contributed by atoms with Gasteiger partial charge in [-0.1, -0.05) is 36.4 Å². The highest BCUT2D eigenvalue weighted by atomic mass is 32.1. The average molecular weight is 416 g/mol. The molecule has 0 spiro atoms. The van der Waals surface area contributed by atoms with E-state index in [9.17, 15) is 9.90 Å². The maximum Gasteiger partial charge on any atom is 0.286 e. The van der Waals surface area contributed by atoms with Gasteiger partial charge in [-0.2, -0.15) is 0 Å². The normalized spacial score (nSPS) is 21.3. The number of hydrogen-bond donors (Lipinski definition) is 2. The molecule has 2 heterocycles. The van der Waals surface area contributed by atoms with E-state index in [0.29, 0.717) is 25.3 Å². The molecule has 156 valence electrons. The maximum absolute atomic E-state index is 12.8. The number of aliphatic hydroxyl groups excluding tert-OH is 1. The first-order valence-corrected chi connectivity index (χ1v) is 11.1. The summed E-state index contributed by atoms with van der Waals surface area (Å²) in [6.07, 6.45) is 3.62. The Hall–Kier alpha value is -2.15. The van der Waals surface area contributed by atoms with E-state index in [1.165, 1.54) is 10.4 Å². The molecule has 0 fully saturated rings.